The molecule has 4 heteroatoms. The molecule has 0 bridgehead atoms. The van der Waals surface area contributed by atoms with Gasteiger partial charge in [-0.15, -0.1) is 0 Å². The van der Waals surface area contributed by atoms with E-state index in [1.54, 1.807) is 6.20 Å². The normalized spacial score (nSPS) is 10.6. The third-order valence-corrected chi connectivity index (χ3v) is 1.81. The summed E-state index contributed by atoms with van der Waals surface area (Å²) in [5.74, 6) is 1.56. The van der Waals surface area contributed by atoms with E-state index in [4.69, 9.17) is 9.84 Å². The van der Waals surface area contributed by atoms with Crippen molar-refractivity contribution in [3.05, 3.63) is 17.7 Å². The zero-order chi connectivity index (χ0) is 10.6. The lowest BCUT2D eigenvalue weighted by Gasteiger charge is -2.09. The van der Waals surface area contributed by atoms with Gasteiger partial charge in [-0.25, -0.2) is 9.97 Å². The van der Waals surface area contributed by atoms with Gasteiger partial charge >= 0.3 is 0 Å². The van der Waals surface area contributed by atoms with E-state index in [9.17, 15) is 0 Å². The topological polar surface area (TPSA) is 55.2 Å². The van der Waals surface area contributed by atoms with Gasteiger partial charge in [0, 0.05) is 5.92 Å². The Morgan fingerprint density at radius 3 is 2.71 bits per heavy atom. The van der Waals surface area contributed by atoms with Crippen molar-refractivity contribution in [1.82, 2.24) is 9.97 Å². The van der Waals surface area contributed by atoms with Gasteiger partial charge in [0.15, 0.2) is 5.75 Å². The average Bonchev–Trinajstić information content (AvgIpc) is 2.18. The van der Waals surface area contributed by atoms with Gasteiger partial charge in [-0.3, -0.25) is 0 Å². The van der Waals surface area contributed by atoms with Crippen molar-refractivity contribution < 1.29 is 9.84 Å². The van der Waals surface area contributed by atoms with Gasteiger partial charge in [0.05, 0.1) is 19.4 Å². The van der Waals surface area contributed by atoms with Gasteiger partial charge in [-0.05, 0) is 6.92 Å². The van der Waals surface area contributed by atoms with Crippen molar-refractivity contribution in [1.29, 1.82) is 0 Å². The van der Waals surface area contributed by atoms with Gasteiger partial charge < -0.3 is 9.84 Å². The lowest BCUT2D eigenvalue weighted by Crippen LogP contribution is -2.05. The molecule has 1 aromatic rings. The van der Waals surface area contributed by atoms with Gasteiger partial charge in [0.2, 0.25) is 0 Å². The molecule has 78 valence electrons. The molecular formula is C10H16N2O2. The molecular weight excluding hydrogens is 180 g/mol. The fraction of sp³-hybridized carbons (Fsp3) is 0.600. The molecule has 0 aromatic carbocycles. The second kappa shape index (κ2) is 4.91. The lowest BCUT2D eigenvalue weighted by atomic mass is 10.2. The number of hydrogen-bond acceptors (Lipinski definition) is 4. The molecule has 0 aliphatic heterocycles. The van der Waals surface area contributed by atoms with E-state index in [1.165, 1.54) is 0 Å². The van der Waals surface area contributed by atoms with Crippen LogP contribution in [-0.4, -0.2) is 21.7 Å². The maximum absolute atomic E-state index is 9.08. The smallest absolute Gasteiger partial charge is 0.161 e. The fourth-order valence-corrected chi connectivity index (χ4v) is 1.09. The Bertz CT molecular complexity index is 300. The van der Waals surface area contributed by atoms with Gasteiger partial charge in [-0.2, -0.15) is 0 Å². The number of rotatable bonds is 4. The third-order valence-electron chi connectivity index (χ3n) is 1.81. The SMILES string of the molecule is CCOc1cnc(C(C)C)nc1CO. The van der Waals surface area contributed by atoms with Crippen molar-refractivity contribution in [2.45, 2.75) is 33.3 Å². The molecule has 0 unspecified atom stereocenters. The largest absolute Gasteiger partial charge is 0.490 e. The Hall–Kier alpha value is -1.16. The van der Waals surface area contributed by atoms with Crippen molar-refractivity contribution in [2.75, 3.05) is 6.61 Å². The van der Waals surface area contributed by atoms with Gasteiger partial charge in [0.25, 0.3) is 0 Å². The van der Waals surface area contributed by atoms with E-state index >= 15 is 0 Å². The highest BCUT2D eigenvalue weighted by Gasteiger charge is 2.09. The molecule has 0 aliphatic carbocycles. The van der Waals surface area contributed by atoms with Crippen LogP contribution in [0.2, 0.25) is 0 Å². The minimum Gasteiger partial charge on any atom is -0.490 e. The van der Waals surface area contributed by atoms with Crippen molar-refractivity contribution in [2.24, 2.45) is 0 Å². The Morgan fingerprint density at radius 2 is 2.21 bits per heavy atom. The highest BCUT2D eigenvalue weighted by Crippen LogP contribution is 2.18. The fourth-order valence-electron chi connectivity index (χ4n) is 1.09. The second-order valence-corrected chi connectivity index (χ2v) is 3.28. The third kappa shape index (κ3) is 2.42. The Morgan fingerprint density at radius 1 is 1.50 bits per heavy atom. The van der Waals surface area contributed by atoms with E-state index in [1.807, 2.05) is 20.8 Å². The van der Waals surface area contributed by atoms with Crippen LogP contribution in [0.3, 0.4) is 0 Å². The molecule has 0 aliphatic rings. The zero-order valence-corrected chi connectivity index (χ0v) is 8.82. The molecule has 0 saturated carbocycles. The molecule has 1 aromatic heterocycles. The molecule has 0 amide bonds. The van der Waals surface area contributed by atoms with Gasteiger partial charge in [0.1, 0.15) is 11.5 Å². The van der Waals surface area contributed by atoms with Crippen molar-refractivity contribution >= 4 is 0 Å². The standard InChI is InChI=1S/C10H16N2O2/c1-4-14-9-5-11-10(7(2)3)12-8(9)6-13/h5,7,13H,4,6H2,1-3H3. The summed E-state index contributed by atoms with van der Waals surface area (Å²) < 4.78 is 5.28. The van der Waals surface area contributed by atoms with Crippen LogP contribution < -0.4 is 4.74 Å². The quantitative estimate of drug-likeness (QED) is 0.792. The van der Waals surface area contributed by atoms with Crippen LogP contribution in [0.4, 0.5) is 0 Å². The predicted octanol–water partition coefficient (Wildman–Crippen LogP) is 1.49. The number of aromatic nitrogens is 2. The van der Waals surface area contributed by atoms with Gasteiger partial charge in [-0.1, -0.05) is 13.8 Å². The summed E-state index contributed by atoms with van der Waals surface area (Å²) in [7, 11) is 0. The second-order valence-electron chi connectivity index (χ2n) is 3.28. The number of nitrogens with zero attached hydrogens (tertiary/aromatic N) is 2. The van der Waals surface area contributed by atoms with Crippen LogP contribution in [0.25, 0.3) is 0 Å². The van der Waals surface area contributed by atoms with E-state index in [0.717, 1.165) is 5.82 Å². The summed E-state index contributed by atoms with van der Waals surface area (Å²) in [6.07, 6.45) is 1.62. The highest BCUT2D eigenvalue weighted by molar-refractivity contribution is 5.24. The maximum atomic E-state index is 9.08. The summed E-state index contributed by atoms with van der Waals surface area (Å²) in [6.45, 7) is 6.35. The molecule has 1 heterocycles. The molecule has 4 nitrogen and oxygen atoms in total. The van der Waals surface area contributed by atoms with E-state index in [2.05, 4.69) is 9.97 Å². The first kappa shape index (κ1) is 10.9. The summed E-state index contributed by atoms with van der Waals surface area (Å²) in [6, 6.07) is 0. The highest BCUT2D eigenvalue weighted by atomic mass is 16.5. The lowest BCUT2D eigenvalue weighted by molar-refractivity contribution is 0.259. The van der Waals surface area contributed by atoms with Crippen LogP contribution in [0.5, 0.6) is 5.75 Å². The molecule has 1 N–H and O–H groups in total. The molecule has 0 fully saturated rings. The number of aliphatic hydroxyl groups is 1. The van der Waals surface area contributed by atoms with E-state index in [0.29, 0.717) is 18.1 Å². The first-order chi connectivity index (χ1) is 6.69. The number of hydrogen-bond donors (Lipinski definition) is 1. The van der Waals surface area contributed by atoms with Crippen LogP contribution in [0.1, 0.15) is 38.2 Å². The number of ether oxygens (including phenoxy) is 1. The molecule has 1 rings (SSSR count). The zero-order valence-electron chi connectivity index (χ0n) is 8.82. The molecule has 0 radical (unpaired) electrons. The van der Waals surface area contributed by atoms with Crippen molar-refractivity contribution in [3.8, 4) is 5.75 Å². The summed E-state index contributed by atoms with van der Waals surface area (Å²) in [5, 5.41) is 9.08. The molecule has 0 spiro atoms. The average molecular weight is 196 g/mol. The molecule has 0 atom stereocenters. The first-order valence-electron chi connectivity index (χ1n) is 4.78. The Balaban J connectivity index is 2.98. The minimum absolute atomic E-state index is 0.114. The van der Waals surface area contributed by atoms with Crippen LogP contribution in [0.15, 0.2) is 6.20 Å². The minimum atomic E-state index is -0.114. The monoisotopic (exact) mass is 196 g/mol. The Kier molecular flexibility index (Phi) is 3.83. The molecule has 0 saturated heterocycles. The maximum Gasteiger partial charge on any atom is 0.161 e. The van der Waals surface area contributed by atoms with Crippen LogP contribution in [-0.2, 0) is 6.61 Å². The van der Waals surface area contributed by atoms with Crippen molar-refractivity contribution in [3.63, 3.8) is 0 Å². The van der Waals surface area contributed by atoms with Crippen LogP contribution >= 0.6 is 0 Å². The van der Waals surface area contributed by atoms with E-state index < -0.39 is 0 Å². The Labute approximate surface area is 84.0 Å². The summed E-state index contributed by atoms with van der Waals surface area (Å²) in [4.78, 5) is 8.38. The predicted molar refractivity (Wildman–Crippen MR) is 53.2 cm³/mol. The first-order valence-corrected chi connectivity index (χ1v) is 4.78. The summed E-state index contributed by atoms with van der Waals surface area (Å²) >= 11 is 0. The summed E-state index contributed by atoms with van der Waals surface area (Å²) in [5.41, 5.74) is 0.561. The van der Waals surface area contributed by atoms with E-state index in [-0.39, 0.29) is 12.5 Å². The molecule has 14 heavy (non-hydrogen) atoms. The van der Waals surface area contributed by atoms with Crippen LogP contribution in [0, 0.1) is 0 Å². The number of aliphatic hydroxyl groups excluding tert-OH is 1.